The number of amides is 1. The quantitative estimate of drug-likeness (QED) is 0.816. The van der Waals surface area contributed by atoms with Crippen LogP contribution in [0.25, 0.3) is 0 Å². The molecule has 2 aliphatic rings. The number of hydrogen-bond acceptors (Lipinski definition) is 6. The van der Waals surface area contributed by atoms with Crippen LogP contribution in [0.2, 0.25) is 0 Å². The van der Waals surface area contributed by atoms with Crippen molar-refractivity contribution in [2.45, 2.75) is 25.9 Å². The summed E-state index contributed by atoms with van der Waals surface area (Å²) in [5, 5.41) is 10.9. The normalized spacial score (nSPS) is 17.4. The van der Waals surface area contributed by atoms with Gasteiger partial charge in [-0.05, 0) is 18.5 Å². The van der Waals surface area contributed by atoms with Gasteiger partial charge in [-0.2, -0.15) is 5.10 Å². The summed E-state index contributed by atoms with van der Waals surface area (Å²) < 4.78 is 1.76. The van der Waals surface area contributed by atoms with Gasteiger partial charge >= 0.3 is 0 Å². The fourth-order valence-corrected chi connectivity index (χ4v) is 2.92. The Bertz CT molecular complexity index is 754. The van der Waals surface area contributed by atoms with Crippen molar-refractivity contribution in [1.29, 1.82) is 0 Å². The van der Waals surface area contributed by atoms with Gasteiger partial charge in [0.2, 0.25) is 11.9 Å². The molecule has 0 atom stereocenters. The lowest BCUT2D eigenvalue weighted by Crippen LogP contribution is -2.29. The lowest BCUT2D eigenvalue weighted by atomic mass is 10.1. The van der Waals surface area contributed by atoms with Crippen LogP contribution in [-0.2, 0) is 30.7 Å². The molecule has 1 amide bonds. The second-order valence-corrected chi connectivity index (χ2v) is 5.96. The highest BCUT2D eigenvalue weighted by Gasteiger charge is 2.19. The highest BCUT2D eigenvalue weighted by molar-refractivity contribution is 5.76. The van der Waals surface area contributed by atoms with Crippen molar-refractivity contribution in [3.8, 4) is 0 Å². The van der Waals surface area contributed by atoms with E-state index in [0.29, 0.717) is 18.3 Å². The Morgan fingerprint density at radius 2 is 2.26 bits per heavy atom. The summed E-state index contributed by atoms with van der Waals surface area (Å²) in [4.78, 5) is 22.6. The van der Waals surface area contributed by atoms with E-state index in [9.17, 15) is 4.79 Å². The molecule has 4 rings (SSSR count). The first-order valence-corrected chi connectivity index (χ1v) is 7.82. The maximum Gasteiger partial charge on any atom is 0.244 e. The first kappa shape index (κ1) is 14.1. The summed E-state index contributed by atoms with van der Waals surface area (Å²) in [6.45, 7) is 2.74. The van der Waals surface area contributed by atoms with Gasteiger partial charge in [0.1, 0.15) is 6.54 Å². The third-order valence-corrected chi connectivity index (χ3v) is 4.34. The van der Waals surface area contributed by atoms with Gasteiger partial charge in [0.05, 0.1) is 5.69 Å². The summed E-state index contributed by atoms with van der Waals surface area (Å²) in [5.41, 5.74) is 3.28. The fourth-order valence-electron chi connectivity index (χ4n) is 2.92. The highest BCUT2D eigenvalue weighted by atomic mass is 16.2. The average molecular weight is 313 g/mol. The molecular weight excluding hydrogens is 294 g/mol. The third-order valence-electron chi connectivity index (χ3n) is 4.34. The monoisotopic (exact) mass is 313 g/mol. The minimum absolute atomic E-state index is 0.0782. The van der Waals surface area contributed by atoms with Crippen LogP contribution in [0.1, 0.15) is 17.0 Å². The van der Waals surface area contributed by atoms with Crippen LogP contribution in [0.3, 0.4) is 0 Å². The second-order valence-electron chi connectivity index (χ2n) is 5.96. The molecule has 2 aromatic rings. The number of nitrogens with zero attached hydrogens (tertiary/aromatic N) is 5. The molecule has 0 bridgehead atoms. The molecule has 0 radical (unpaired) electrons. The lowest BCUT2D eigenvalue weighted by Gasteiger charge is -2.16. The fraction of sp³-hybridized carbons (Fsp3) is 0.467. The minimum Gasteiger partial charge on any atom is -0.344 e. The predicted molar refractivity (Wildman–Crippen MR) is 84.3 cm³/mol. The zero-order valence-corrected chi connectivity index (χ0v) is 13.0. The molecular formula is C15H19N7O. The molecule has 0 saturated heterocycles. The van der Waals surface area contributed by atoms with Gasteiger partial charge in [0, 0.05) is 44.5 Å². The van der Waals surface area contributed by atoms with Crippen molar-refractivity contribution >= 4 is 17.7 Å². The van der Waals surface area contributed by atoms with Crippen LogP contribution in [0.5, 0.6) is 0 Å². The smallest absolute Gasteiger partial charge is 0.244 e. The van der Waals surface area contributed by atoms with Crippen molar-refractivity contribution < 1.29 is 4.79 Å². The van der Waals surface area contributed by atoms with Crippen LogP contribution in [-0.4, -0.2) is 50.7 Å². The first-order chi connectivity index (χ1) is 11.2. The van der Waals surface area contributed by atoms with Crippen molar-refractivity contribution in [1.82, 2.24) is 30.0 Å². The van der Waals surface area contributed by atoms with Crippen LogP contribution in [0.4, 0.5) is 11.8 Å². The van der Waals surface area contributed by atoms with E-state index in [2.05, 4.69) is 25.7 Å². The first-order valence-electron chi connectivity index (χ1n) is 7.82. The number of carbonyl (C=O) groups is 1. The number of rotatable bonds is 2. The zero-order chi connectivity index (χ0) is 15.8. The maximum atomic E-state index is 11.9. The SMILES string of the molecule is CN1CCc2cc(Nc3ncc4c(n3)CNCC4)nn2CC1=O. The van der Waals surface area contributed by atoms with Crippen LogP contribution < -0.4 is 10.6 Å². The van der Waals surface area contributed by atoms with Crippen molar-refractivity contribution in [3.63, 3.8) is 0 Å². The van der Waals surface area contributed by atoms with Gasteiger partial charge < -0.3 is 15.5 Å². The largest absolute Gasteiger partial charge is 0.344 e. The van der Waals surface area contributed by atoms with Gasteiger partial charge in [-0.15, -0.1) is 0 Å². The van der Waals surface area contributed by atoms with E-state index in [-0.39, 0.29) is 12.5 Å². The predicted octanol–water partition coefficient (Wildman–Crippen LogP) is 0.0769. The van der Waals surface area contributed by atoms with E-state index in [4.69, 9.17) is 0 Å². The van der Waals surface area contributed by atoms with Crippen molar-refractivity contribution in [2.24, 2.45) is 0 Å². The minimum atomic E-state index is 0.0782. The molecule has 8 nitrogen and oxygen atoms in total. The van der Waals surface area contributed by atoms with Crippen molar-refractivity contribution in [2.75, 3.05) is 25.5 Å². The molecule has 0 spiro atoms. The second kappa shape index (κ2) is 5.62. The molecule has 2 aromatic heterocycles. The summed E-state index contributed by atoms with van der Waals surface area (Å²) in [7, 11) is 1.82. The van der Waals surface area contributed by atoms with E-state index >= 15 is 0 Å². The molecule has 8 heteroatoms. The Hall–Kier alpha value is -2.48. The van der Waals surface area contributed by atoms with Gasteiger partial charge in [0.25, 0.3) is 0 Å². The molecule has 0 aromatic carbocycles. The van der Waals surface area contributed by atoms with Gasteiger partial charge in [-0.25, -0.2) is 9.97 Å². The van der Waals surface area contributed by atoms with E-state index in [0.717, 1.165) is 37.3 Å². The average Bonchev–Trinajstić information content (AvgIpc) is 2.88. The standard InChI is InChI=1S/C15H19N7O/c1-21-5-3-11-6-13(20-22(11)9-14(21)23)19-15-17-7-10-2-4-16-8-12(10)18-15/h6-7,16H,2-5,8-9H2,1H3,(H,17,18,19,20). The van der Waals surface area contributed by atoms with Crippen LogP contribution in [0.15, 0.2) is 12.3 Å². The number of aromatic nitrogens is 4. The number of likely N-dealkylation sites (N-methyl/N-ethyl adjacent to an activating group) is 1. The highest BCUT2D eigenvalue weighted by Crippen LogP contribution is 2.18. The summed E-state index contributed by atoms with van der Waals surface area (Å²) in [5.74, 6) is 1.31. The number of nitrogens with one attached hydrogen (secondary N) is 2. The summed E-state index contributed by atoms with van der Waals surface area (Å²) in [6, 6.07) is 1.97. The maximum absolute atomic E-state index is 11.9. The Morgan fingerprint density at radius 1 is 1.35 bits per heavy atom. The topological polar surface area (TPSA) is 88.0 Å². The Labute approximate surface area is 133 Å². The Kier molecular flexibility index (Phi) is 3.45. The van der Waals surface area contributed by atoms with E-state index < -0.39 is 0 Å². The molecule has 0 fully saturated rings. The molecule has 0 unspecified atom stereocenters. The van der Waals surface area contributed by atoms with E-state index in [1.807, 2.05) is 19.3 Å². The Balaban J connectivity index is 1.55. The van der Waals surface area contributed by atoms with Crippen LogP contribution >= 0.6 is 0 Å². The third kappa shape index (κ3) is 2.77. The molecule has 2 N–H and O–H groups in total. The number of carbonyl (C=O) groups excluding carboxylic acids is 1. The van der Waals surface area contributed by atoms with E-state index in [1.165, 1.54) is 5.56 Å². The van der Waals surface area contributed by atoms with Gasteiger partial charge in [-0.3, -0.25) is 9.48 Å². The summed E-state index contributed by atoms with van der Waals surface area (Å²) >= 11 is 0. The Morgan fingerprint density at radius 3 is 3.17 bits per heavy atom. The number of fused-ring (bicyclic) bond motifs is 2. The summed E-state index contributed by atoms with van der Waals surface area (Å²) in [6.07, 6.45) is 3.64. The van der Waals surface area contributed by atoms with Crippen molar-refractivity contribution in [3.05, 3.63) is 29.2 Å². The zero-order valence-electron chi connectivity index (χ0n) is 13.0. The lowest BCUT2D eigenvalue weighted by molar-refractivity contribution is -0.130. The van der Waals surface area contributed by atoms with E-state index in [1.54, 1.807) is 9.58 Å². The molecule has 4 heterocycles. The number of hydrogen-bond donors (Lipinski definition) is 2. The molecule has 0 aliphatic carbocycles. The van der Waals surface area contributed by atoms with Gasteiger partial charge in [0.15, 0.2) is 5.82 Å². The molecule has 23 heavy (non-hydrogen) atoms. The molecule has 2 aliphatic heterocycles. The number of anilines is 2. The van der Waals surface area contributed by atoms with Crippen LogP contribution in [0, 0.1) is 0 Å². The molecule has 120 valence electrons. The van der Waals surface area contributed by atoms with Gasteiger partial charge in [-0.1, -0.05) is 0 Å². The molecule has 0 saturated carbocycles.